The summed E-state index contributed by atoms with van der Waals surface area (Å²) in [5, 5.41) is 9.55. The van der Waals surface area contributed by atoms with E-state index in [2.05, 4.69) is 0 Å². The van der Waals surface area contributed by atoms with Gasteiger partial charge in [-0.2, -0.15) is 0 Å². The van der Waals surface area contributed by atoms with Gasteiger partial charge in [0.1, 0.15) is 11.5 Å². The van der Waals surface area contributed by atoms with Crippen molar-refractivity contribution in [1.82, 2.24) is 4.90 Å². The molecule has 1 aromatic carbocycles. The Hall–Kier alpha value is -2.14. The molecule has 5 heteroatoms. The number of amides is 1. The molecule has 3 heterocycles. The molecule has 2 fully saturated rings. The van der Waals surface area contributed by atoms with E-state index in [-0.39, 0.29) is 5.91 Å². The summed E-state index contributed by atoms with van der Waals surface area (Å²) in [6.07, 6.45) is 3.19. The Morgan fingerprint density at radius 1 is 1.41 bits per heavy atom. The topological polar surface area (TPSA) is 66.8 Å². The van der Waals surface area contributed by atoms with E-state index in [0.29, 0.717) is 13.1 Å². The second kappa shape index (κ2) is 4.20. The van der Waals surface area contributed by atoms with E-state index in [0.717, 1.165) is 5.56 Å². The number of likely N-dealkylation sites (tertiary alicyclic amines) is 1. The summed E-state index contributed by atoms with van der Waals surface area (Å²) < 4.78 is 5.94. The zero-order valence-electron chi connectivity index (χ0n) is 12.2. The fourth-order valence-electron chi connectivity index (χ4n) is 4.21. The molecule has 114 valence electrons. The second-order valence-electron chi connectivity index (χ2n) is 6.50. The molecule has 0 aliphatic carbocycles. The number of nitrogens with zero attached hydrogens (tertiary/aromatic N) is 1. The lowest BCUT2D eigenvalue weighted by Gasteiger charge is -2.32. The minimum Gasteiger partial charge on any atom is -0.481 e. The van der Waals surface area contributed by atoms with Crippen LogP contribution in [-0.2, 0) is 20.9 Å². The molecule has 0 aromatic heterocycles. The average Bonchev–Trinajstić information content (AvgIpc) is 3.07. The van der Waals surface area contributed by atoms with Crippen molar-refractivity contribution in [2.24, 2.45) is 11.3 Å². The van der Waals surface area contributed by atoms with E-state index in [1.807, 2.05) is 36.4 Å². The molecule has 22 heavy (non-hydrogen) atoms. The minimum atomic E-state index is -1.02. The molecule has 1 spiro atoms. The van der Waals surface area contributed by atoms with Gasteiger partial charge in [-0.05, 0) is 12.5 Å². The number of carbonyl (C=O) groups excluding carboxylic acids is 1. The standard InChI is InChI=1S/C17H17NO4/c1-16-13(14(19)20)12-7-8-17(16,22-12)10-18(15(16)21)9-11-5-3-2-4-6-11/h2-8,12-13H,9-10H2,1H3,(H,19,20)/t12-,13-,16-,17-/m0/s1. The van der Waals surface area contributed by atoms with Crippen molar-refractivity contribution in [2.45, 2.75) is 25.2 Å². The van der Waals surface area contributed by atoms with Gasteiger partial charge >= 0.3 is 5.97 Å². The third-order valence-electron chi connectivity index (χ3n) is 5.37. The smallest absolute Gasteiger partial charge is 0.310 e. The van der Waals surface area contributed by atoms with E-state index in [4.69, 9.17) is 4.74 Å². The summed E-state index contributed by atoms with van der Waals surface area (Å²) in [6.45, 7) is 2.63. The quantitative estimate of drug-likeness (QED) is 0.858. The van der Waals surface area contributed by atoms with Crippen LogP contribution in [0.3, 0.4) is 0 Å². The Balaban J connectivity index is 1.70. The molecule has 2 bridgehead atoms. The number of carboxylic acids is 1. The van der Waals surface area contributed by atoms with Crippen LogP contribution < -0.4 is 0 Å². The van der Waals surface area contributed by atoms with Gasteiger partial charge in [-0.15, -0.1) is 0 Å². The van der Waals surface area contributed by atoms with Gasteiger partial charge in [-0.25, -0.2) is 0 Å². The maximum Gasteiger partial charge on any atom is 0.310 e. The van der Waals surface area contributed by atoms with Crippen LogP contribution in [0.25, 0.3) is 0 Å². The monoisotopic (exact) mass is 299 g/mol. The predicted molar refractivity (Wildman–Crippen MR) is 77.8 cm³/mol. The maximum absolute atomic E-state index is 13.0. The fourth-order valence-corrected chi connectivity index (χ4v) is 4.21. The molecule has 1 N–H and O–H groups in total. The van der Waals surface area contributed by atoms with Gasteiger partial charge in [0.2, 0.25) is 5.91 Å². The van der Waals surface area contributed by atoms with E-state index in [1.54, 1.807) is 17.9 Å². The number of benzene rings is 1. The number of rotatable bonds is 3. The highest BCUT2D eigenvalue weighted by molar-refractivity contribution is 5.94. The highest BCUT2D eigenvalue weighted by atomic mass is 16.5. The first kappa shape index (κ1) is 13.5. The van der Waals surface area contributed by atoms with Crippen LogP contribution in [0.15, 0.2) is 42.5 Å². The first-order valence-electron chi connectivity index (χ1n) is 7.41. The van der Waals surface area contributed by atoms with Gasteiger partial charge in [-0.3, -0.25) is 9.59 Å². The van der Waals surface area contributed by atoms with E-state index >= 15 is 0 Å². The van der Waals surface area contributed by atoms with Crippen molar-refractivity contribution >= 4 is 11.9 Å². The van der Waals surface area contributed by atoms with Crippen LogP contribution >= 0.6 is 0 Å². The molecule has 0 saturated carbocycles. The molecular formula is C17H17NO4. The molecule has 4 atom stereocenters. The Bertz CT molecular complexity index is 685. The van der Waals surface area contributed by atoms with Crippen molar-refractivity contribution in [3.63, 3.8) is 0 Å². The lowest BCUT2D eigenvalue weighted by Crippen LogP contribution is -2.49. The number of fused-ring (bicyclic) bond motifs is 1. The first-order chi connectivity index (χ1) is 10.5. The molecule has 4 rings (SSSR count). The first-order valence-corrected chi connectivity index (χ1v) is 7.41. The lowest BCUT2D eigenvalue weighted by molar-refractivity contribution is -0.152. The molecule has 3 aliphatic heterocycles. The van der Waals surface area contributed by atoms with Gasteiger partial charge in [0.15, 0.2) is 0 Å². The van der Waals surface area contributed by atoms with Crippen LogP contribution in [0.2, 0.25) is 0 Å². The van der Waals surface area contributed by atoms with Gasteiger partial charge in [0, 0.05) is 6.54 Å². The molecule has 3 aliphatic rings. The van der Waals surface area contributed by atoms with Crippen molar-refractivity contribution in [1.29, 1.82) is 0 Å². The Morgan fingerprint density at radius 2 is 2.14 bits per heavy atom. The van der Waals surface area contributed by atoms with Crippen LogP contribution in [0.1, 0.15) is 12.5 Å². The molecule has 0 unspecified atom stereocenters. The summed E-state index contributed by atoms with van der Waals surface area (Å²) >= 11 is 0. The Labute approximate surface area is 128 Å². The SMILES string of the molecule is C[C@]12C(=O)N(Cc3ccccc3)C[C@@]13C=C[C@H](O3)[C@H]2C(=O)O. The molecule has 5 nitrogen and oxygen atoms in total. The van der Waals surface area contributed by atoms with Gasteiger partial charge in [-0.1, -0.05) is 42.5 Å². The number of hydrogen-bond donors (Lipinski definition) is 1. The Morgan fingerprint density at radius 3 is 2.82 bits per heavy atom. The number of ether oxygens (including phenoxy) is 1. The normalized spacial score (nSPS) is 38.6. The highest BCUT2D eigenvalue weighted by Gasteiger charge is 2.74. The number of aliphatic carboxylic acids is 1. The number of carboxylic acid groups (broad SMARTS) is 1. The Kier molecular flexibility index (Phi) is 2.58. The highest BCUT2D eigenvalue weighted by Crippen LogP contribution is 2.60. The molecule has 0 radical (unpaired) electrons. The zero-order chi connectivity index (χ0) is 15.5. The third-order valence-corrected chi connectivity index (χ3v) is 5.37. The van der Waals surface area contributed by atoms with E-state index in [9.17, 15) is 14.7 Å². The van der Waals surface area contributed by atoms with E-state index < -0.39 is 29.0 Å². The number of carbonyl (C=O) groups is 2. The predicted octanol–water partition coefficient (Wildman–Crippen LogP) is 1.44. The zero-order valence-corrected chi connectivity index (χ0v) is 12.2. The van der Waals surface area contributed by atoms with Crippen molar-refractivity contribution in [3.05, 3.63) is 48.0 Å². The van der Waals surface area contributed by atoms with Crippen molar-refractivity contribution in [2.75, 3.05) is 6.54 Å². The summed E-state index contributed by atoms with van der Waals surface area (Å²) in [4.78, 5) is 26.3. The molecule has 1 amide bonds. The van der Waals surface area contributed by atoms with Crippen LogP contribution in [0.4, 0.5) is 0 Å². The van der Waals surface area contributed by atoms with Crippen LogP contribution in [0.5, 0.6) is 0 Å². The lowest BCUT2D eigenvalue weighted by atomic mass is 9.65. The van der Waals surface area contributed by atoms with Crippen molar-refractivity contribution in [3.8, 4) is 0 Å². The second-order valence-corrected chi connectivity index (χ2v) is 6.50. The third kappa shape index (κ3) is 1.47. The van der Waals surface area contributed by atoms with Crippen LogP contribution in [-0.4, -0.2) is 40.1 Å². The maximum atomic E-state index is 13.0. The summed E-state index contributed by atoms with van der Waals surface area (Å²) in [6, 6.07) is 9.71. The minimum absolute atomic E-state index is 0.129. The van der Waals surface area contributed by atoms with Gasteiger partial charge in [0.05, 0.1) is 18.1 Å². The summed E-state index contributed by atoms with van der Waals surface area (Å²) in [5.41, 5.74) is -0.791. The number of hydrogen-bond acceptors (Lipinski definition) is 3. The molecule has 2 saturated heterocycles. The van der Waals surface area contributed by atoms with Crippen LogP contribution in [0, 0.1) is 11.3 Å². The van der Waals surface area contributed by atoms with E-state index in [1.165, 1.54) is 0 Å². The van der Waals surface area contributed by atoms with Gasteiger partial charge < -0.3 is 14.7 Å². The summed E-state index contributed by atoms with van der Waals surface area (Å²) in [7, 11) is 0. The van der Waals surface area contributed by atoms with Crippen molar-refractivity contribution < 1.29 is 19.4 Å². The fraction of sp³-hybridized carbons (Fsp3) is 0.412. The average molecular weight is 299 g/mol. The van der Waals surface area contributed by atoms with Gasteiger partial charge in [0.25, 0.3) is 0 Å². The largest absolute Gasteiger partial charge is 0.481 e. The molecule has 1 aromatic rings. The molecular weight excluding hydrogens is 282 g/mol. The summed E-state index contributed by atoms with van der Waals surface area (Å²) in [5.74, 6) is -1.91.